The average Bonchev–Trinajstić information content (AvgIpc) is 2.46. The van der Waals surface area contributed by atoms with Crippen LogP contribution >= 0.6 is 0 Å². The Bertz CT molecular complexity index is 681. The molecule has 0 radical (unpaired) electrons. The summed E-state index contributed by atoms with van der Waals surface area (Å²) in [6.45, 7) is 0.277. The van der Waals surface area contributed by atoms with Gasteiger partial charge < -0.3 is 5.43 Å². The Labute approximate surface area is 123 Å². The van der Waals surface area contributed by atoms with Crippen LogP contribution in [0.5, 0.6) is 0 Å². The molecule has 0 unspecified atom stereocenters. The second kappa shape index (κ2) is 6.05. The molecule has 1 aromatic rings. The topological polar surface area (TPSA) is 136 Å². The molecule has 1 aliphatic heterocycles. The van der Waals surface area contributed by atoms with Gasteiger partial charge in [-0.3, -0.25) is 20.2 Å². The Balaban J connectivity index is 2.38. The van der Waals surface area contributed by atoms with Gasteiger partial charge in [0.1, 0.15) is 5.69 Å². The molecule has 0 saturated carbocycles. The lowest BCUT2D eigenvalue weighted by Gasteiger charge is -2.25. The second-order valence-electron chi connectivity index (χ2n) is 4.33. The van der Waals surface area contributed by atoms with Crippen LogP contribution in [0, 0.1) is 10.1 Å². The van der Waals surface area contributed by atoms with Crippen molar-refractivity contribution < 1.29 is 17.6 Å². The number of nitrogens with zero attached hydrogens (tertiary/aromatic N) is 2. The number of benzene rings is 1. The fourth-order valence-electron chi connectivity index (χ4n) is 1.96. The van der Waals surface area contributed by atoms with E-state index in [-0.39, 0.29) is 35.2 Å². The molecule has 1 aliphatic rings. The van der Waals surface area contributed by atoms with Gasteiger partial charge in [0, 0.05) is 41.5 Å². The molecule has 1 aromatic carbocycles. The van der Waals surface area contributed by atoms with Gasteiger partial charge in [-0.2, -0.15) is 4.31 Å². The minimum absolute atomic E-state index is 0.0266. The molecule has 0 bridgehead atoms. The Morgan fingerprint density at radius 1 is 1.33 bits per heavy atom. The van der Waals surface area contributed by atoms with Crippen LogP contribution in [0.15, 0.2) is 23.1 Å². The molecule has 0 atom stereocenters. The summed E-state index contributed by atoms with van der Waals surface area (Å²) in [5, 5.41) is 10.9. The Morgan fingerprint density at radius 3 is 2.48 bits per heavy atom. The number of rotatable bonds is 4. The largest absolute Gasteiger partial charge is 0.318 e. The molecular formula is C10H14N4O5S2. The molecule has 21 heavy (non-hydrogen) atoms. The predicted octanol–water partition coefficient (Wildman–Crippen LogP) is -0.367. The number of hydrogen-bond donors (Lipinski definition) is 2. The maximum Gasteiger partial charge on any atom is 0.294 e. The average molecular weight is 334 g/mol. The first kappa shape index (κ1) is 15.8. The maximum atomic E-state index is 12.4. The highest BCUT2D eigenvalue weighted by Crippen LogP contribution is 2.28. The number of anilines is 1. The van der Waals surface area contributed by atoms with Gasteiger partial charge >= 0.3 is 0 Å². The van der Waals surface area contributed by atoms with E-state index >= 15 is 0 Å². The fraction of sp³-hybridized carbons (Fsp3) is 0.400. The third kappa shape index (κ3) is 3.20. The molecule has 0 aromatic heterocycles. The predicted molar refractivity (Wildman–Crippen MR) is 77.5 cm³/mol. The van der Waals surface area contributed by atoms with E-state index in [1.54, 1.807) is 0 Å². The minimum Gasteiger partial charge on any atom is -0.318 e. The highest BCUT2D eigenvalue weighted by molar-refractivity contribution is 7.89. The Kier molecular flexibility index (Phi) is 4.56. The second-order valence-corrected chi connectivity index (χ2v) is 7.97. The summed E-state index contributed by atoms with van der Waals surface area (Å²) in [6.07, 6.45) is 0. The zero-order chi connectivity index (χ0) is 15.6. The van der Waals surface area contributed by atoms with Gasteiger partial charge in [-0.15, -0.1) is 0 Å². The number of nitro benzene ring substituents is 1. The summed E-state index contributed by atoms with van der Waals surface area (Å²) < 4.78 is 37.3. The molecule has 0 spiro atoms. The molecule has 1 saturated heterocycles. The number of nitrogens with one attached hydrogen (secondary N) is 1. The van der Waals surface area contributed by atoms with Crippen molar-refractivity contribution in [1.29, 1.82) is 0 Å². The highest BCUT2D eigenvalue weighted by atomic mass is 32.2. The van der Waals surface area contributed by atoms with E-state index in [1.165, 1.54) is 16.4 Å². The lowest BCUT2D eigenvalue weighted by molar-refractivity contribution is -0.384. The minimum atomic E-state index is -3.84. The van der Waals surface area contributed by atoms with Crippen molar-refractivity contribution in [3.05, 3.63) is 28.3 Å². The fourth-order valence-corrected chi connectivity index (χ4v) is 4.70. The van der Waals surface area contributed by atoms with Crippen LogP contribution in [0.25, 0.3) is 0 Å². The summed E-state index contributed by atoms with van der Waals surface area (Å²) in [5.41, 5.74) is 1.76. The van der Waals surface area contributed by atoms with Crippen molar-refractivity contribution in [2.24, 2.45) is 5.84 Å². The summed E-state index contributed by atoms with van der Waals surface area (Å²) in [6, 6.07) is 3.46. The molecular weight excluding hydrogens is 320 g/mol. The van der Waals surface area contributed by atoms with E-state index in [9.17, 15) is 22.7 Å². The third-order valence-corrected chi connectivity index (χ3v) is 6.27. The first-order valence-corrected chi connectivity index (χ1v) is 8.89. The molecule has 2 rings (SSSR count). The number of hydrazine groups is 1. The van der Waals surface area contributed by atoms with Crippen LogP contribution in [0.4, 0.5) is 11.4 Å². The first-order chi connectivity index (χ1) is 9.86. The number of sulfonamides is 1. The molecule has 3 N–H and O–H groups in total. The molecule has 1 fully saturated rings. The van der Waals surface area contributed by atoms with Gasteiger partial charge in [0.05, 0.1) is 9.82 Å². The van der Waals surface area contributed by atoms with E-state index in [0.29, 0.717) is 0 Å². The van der Waals surface area contributed by atoms with E-state index in [4.69, 9.17) is 5.84 Å². The quantitative estimate of drug-likeness (QED) is 0.435. The first-order valence-electron chi connectivity index (χ1n) is 5.96. The monoisotopic (exact) mass is 334 g/mol. The zero-order valence-electron chi connectivity index (χ0n) is 10.9. The summed E-state index contributed by atoms with van der Waals surface area (Å²) >= 11 is 0. The SMILES string of the molecule is NNc1ccc(S(=O)(=O)N2CCS(=O)CC2)cc1[N+](=O)[O-]. The lowest BCUT2D eigenvalue weighted by atomic mass is 10.3. The van der Waals surface area contributed by atoms with Gasteiger partial charge in [-0.05, 0) is 12.1 Å². The Morgan fingerprint density at radius 2 is 1.95 bits per heavy atom. The molecule has 116 valence electrons. The van der Waals surface area contributed by atoms with Crippen LogP contribution in [0.3, 0.4) is 0 Å². The standard InChI is InChI=1S/C10H14N4O5S2/c11-12-9-2-1-8(7-10(9)14(15)16)21(18,19)13-3-5-20(17)6-4-13/h1-2,7,12H,3-6,11H2. The molecule has 0 aliphatic carbocycles. The van der Waals surface area contributed by atoms with Gasteiger partial charge in [-0.25, -0.2) is 8.42 Å². The number of nitrogen functional groups attached to an aromatic ring is 1. The van der Waals surface area contributed by atoms with E-state index in [2.05, 4.69) is 5.43 Å². The van der Waals surface area contributed by atoms with Crippen molar-refractivity contribution >= 4 is 32.2 Å². The molecule has 11 heteroatoms. The van der Waals surface area contributed by atoms with Gasteiger partial charge in [0.15, 0.2) is 0 Å². The van der Waals surface area contributed by atoms with E-state index < -0.39 is 31.4 Å². The number of hydrogen-bond acceptors (Lipinski definition) is 7. The van der Waals surface area contributed by atoms with Crippen molar-refractivity contribution in [3.8, 4) is 0 Å². The van der Waals surface area contributed by atoms with Crippen molar-refractivity contribution in [1.82, 2.24) is 4.31 Å². The third-order valence-electron chi connectivity index (χ3n) is 3.10. The lowest BCUT2D eigenvalue weighted by Crippen LogP contribution is -2.41. The normalized spacial score (nSPS) is 17.6. The molecule has 9 nitrogen and oxygen atoms in total. The zero-order valence-corrected chi connectivity index (χ0v) is 12.5. The van der Waals surface area contributed by atoms with Crippen molar-refractivity contribution in [2.75, 3.05) is 30.0 Å². The number of nitrogens with two attached hydrogens (primary N) is 1. The molecule has 1 heterocycles. The van der Waals surface area contributed by atoms with Gasteiger partial charge in [0.25, 0.3) is 5.69 Å². The van der Waals surface area contributed by atoms with Crippen LogP contribution in [0.1, 0.15) is 0 Å². The highest BCUT2D eigenvalue weighted by Gasteiger charge is 2.30. The number of nitro groups is 1. The smallest absolute Gasteiger partial charge is 0.294 e. The van der Waals surface area contributed by atoms with Crippen molar-refractivity contribution in [2.45, 2.75) is 4.90 Å². The summed E-state index contributed by atoms with van der Waals surface area (Å²) in [4.78, 5) is 10.1. The maximum absolute atomic E-state index is 12.4. The van der Waals surface area contributed by atoms with Crippen LogP contribution in [0.2, 0.25) is 0 Å². The van der Waals surface area contributed by atoms with E-state index in [1.807, 2.05) is 0 Å². The van der Waals surface area contributed by atoms with Crippen molar-refractivity contribution in [3.63, 3.8) is 0 Å². The van der Waals surface area contributed by atoms with Crippen LogP contribution in [-0.4, -0.2) is 46.5 Å². The summed E-state index contributed by atoms with van der Waals surface area (Å²) in [5.74, 6) is 5.69. The molecule has 0 amide bonds. The van der Waals surface area contributed by atoms with Crippen LogP contribution < -0.4 is 11.3 Å². The van der Waals surface area contributed by atoms with E-state index in [0.717, 1.165) is 6.07 Å². The van der Waals surface area contributed by atoms with Gasteiger partial charge in [-0.1, -0.05) is 0 Å². The van der Waals surface area contributed by atoms with Crippen LogP contribution in [-0.2, 0) is 20.8 Å². The van der Waals surface area contributed by atoms with Gasteiger partial charge in [0.2, 0.25) is 10.0 Å². The Hall–Kier alpha value is -1.56. The summed E-state index contributed by atoms with van der Waals surface area (Å²) in [7, 11) is -4.85.